The molecule has 18 heavy (non-hydrogen) atoms. The SMILES string of the molecule is Cc1ncccc1C(=O)c1c(F)ccc(Br)c1F. The van der Waals surface area contributed by atoms with E-state index in [2.05, 4.69) is 20.9 Å². The van der Waals surface area contributed by atoms with Crippen molar-refractivity contribution in [2.45, 2.75) is 6.92 Å². The van der Waals surface area contributed by atoms with Crippen LogP contribution in [0.4, 0.5) is 8.78 Å². The normalized spacial score (nSPS) is 10.4. The van der Waals surface area contributed by atoms with Crippen molar-refractivity contribution in [2.75, 3.05) is 0 Å². The van der Waals surface area contributed by atoms with E-state index in [0.717, 1.165) is 6.07 Å². The Morgan fingerprint density at radius 2 is 2.00 bits per heavy atom. The van der Waals surface area contributed by atoms with Crippen molar-refractivity contribution < 1.29 is 13.6 Å². The fraction of sp³-hybridized carbons (Fsp3) is 0.0769. The number of carbonyl (C=O) groups is 1. The number of pyridine rings is 1. The second-order valence-electron chi connectivity index (χ2n) is 3.68. The Kier molecular flexibility index (Phi) is 3.52. The van der Waals surface area contributed by atoms with Crippen LogP contribution in [0.25, 0.3) is 0 Å². The molecule has 0 fully saturated rings. The van der Waals surface area contributed by atoms with Crippen molar-refractivity contribution in [1.82, 2.24) is 4.98 Å². The lowest BCUT2D eigenvalue weighted by molar-refractivity contribution is 0.103. The minimum absolute atomic E-state index is 0.0498. The van der Waals surface area contributed by atoms with Crippen molar-refractivity contribution in [1.29, 1.82) is 0 Å². The third kappa shape index (κ3) is 2.18. The summed E-state index contributed by atoms with van der Waals surface area (Å²) in [6.07, 6.45) is 1.51. The number of nitrogens with zero attached hydrogens (tertiary/aromatic N) is 1. The van der Waals surface area contributed by atoms with Crippen LogP contribution in [0.1, 0.15) is 21.6 Å². The fourth-order valence-corrected chi connectivity index (χ4v) is 1.92. The van der Waals surface area contributed by atoms with Crippen molar-refractivity contribution in [3.63, 3.8) is 0 Å². The Bertz CT molecular complexity index is 628. The predicted molar refractivity (Wildman–Crippen MR) is 66.5 cm³/mol. The van der Waals surface area contributed by atoms with E-state index in [1.165, 1.54) is 18.3 Å². The number of halogens is 3. The van der Waals surface area contributed by atoms with Crippen LogP contribution in [-0.2, 0) is 0 Å². The molecule has 1 aromatic heterocycles. The summed E-state index contributed by atoms with van der Waals surface area (Å²) in [6, 6.07) is 5.31. The molecule has 2 nitrogen and oxygen atoms in total. The molecule has 0 spiro atoms. The van der Waals surface area contributed by atoms with Crippen LogP contribution in [-0.4, -0.2) is 10.8 Å². The van der Waals surface area contributed by atoms with Gasteiger partial charge in [-0.15, -0.1) is 0 Å². The smallest absolute Gasteiger partial charge is 0.200 e. The van der Waals surface area contributed by atoms with E-state index in [0.29, 0.717) is 5.69 Å². The number of hydrogen-bond acceptors (Lipinski definition) is 2. The first-order valence-corrected chi connectivity index (χ1v) is 5.91. The molecule has 5 heteroatoms. The van der Waals surface area contributed by atoms with E-state index in [1.54, 1.807) is 13.0 Å². The molecule has 0 aliphatic rings. The van der Waals surface area contributed by atoms with Gasteiger partial charge in [0.15, 0.2) is 5.82 Å². The maximum absolute atomic E-state index is 13.8. The summed E-state index contributed by atoms with van der Waals surface area (Å²) in [5, 5.41) is 0. The molecule has 0 saturated carbocycles. The van der Waals surface area contributed by atoms with Crippen molar-refractivity contribution >= 4 is 21.7 Å². The van der Waals surface area contributed by atoms with Crippen LogP contribution in [0.3, 0.4) is 0 Å². The topological polar surface area (TPSA) is 30.0 Å². The minimum atomic E-state index is -0.900. The molecular weight excluding hydrogens is 304 g/mol. The van der Waals surface area contributed by atoms with Crippen LogP contribution in [0.2, 0.25) is 0 Å². The van der Waals surface area contributed by atoms with Gasteiger partial charge in [0.2, 0.25) is 5.78 Å². The maximum Gasteiger partial charge on any atom is 0.200 e. The lowest BCUT2D eigenvalue weighted by atomic mass is 10.0. The van der Waals surface area contributed by atoms with Crippen molar-refractivity contribution in [2.24, 2.45) is 0 Å². The number of benzene rings is 1. The quantitative estimate of drug-likeness (QED) is 0.626. The summed E-state index contributed by atoms with van der Waals surface area (Å²) >= 11 is 2.93. The van der Waals surface area contributed by atoms with Gasteiger partial charge in [-0.2, -0.15) is 0 Å². The maximum atomic E-state index is 13.8. The van der Waals surface area contributed by atoms with Gasteiger partial charge in [0, 0.05) is 17.5 Å². The van der Waals surface area contributed by atoms with Gasteiger partial charge in [-0.25, -0.2) is 8.78 Å². The number of aryl methyl sites for hydroxylation is 1. The highest BCUT2D eigenvalue weighted by molar-refractivity contribution is 9.10. The van der Waals surface area contributed by atoms with Gasteiger partial charge in [-0.3, -0.25) is 9.78 Å². The summed E-state index contributed by atoms with van der Waals surface area (Å²) < 4.78 is 27.4. The van der Waals surface area contributed by atoms with Crippen LogP contribution in [0.15, 0.2) is 34.9 Å². The average Bonchev–Trinajstić information content (AvgIpc) is 2.35. The molecule has 0 aliphatic heterocycles. The largest absolute Gasteiger partial charge is 0.288 e. The Morgan fingerprint density at radius 1 is 1.28 bits per heavy atom. The number of ketones is 1. The Morgan fingerprint density at radius 3 is 2.67 bits per heavy atom. The third-order valence-corrected chi connectivity index (χ3v) is 3.14. The lowest BCUT2D eigenvalue weighted by Crippen LogP contribution is -2.10. The van der Waals surface area contributed by atoms with E-state index in [1.807, 2.05) is 0 Å². The van der Waals surface area contributed by atoms with Gasteiger partial charge in [0.25, 0.3) is 0 Å². The molecule has 0 radical (unpaired) electrons. The van der Waals surface area contributed by atoms with Gasteiger partial charge in [-0.05, 0) is 47.1 Å². The molecule has 0 N–H and O–H groups in total. The van der Waals surface area contributed by atoms with Gasteiger partial charge < -0.3 is 0 Å². The third-order valence-electron chi connectivity index (χ3n) is 2.52. The van der Waals surface area contributed by atoms with Crippen LogP contribution in [0, 0.1) is 18.6 Å². The highest BCUT2D eigenvalue weighted by Crippen LogP contribution is 2.24. The highest BCUT2D eigenvalue weighted by Gasteiger charge is 2.22. The summed E-state index contributed by atoms with van der Waals surface area (Å²) in [6.45, 7) is 1.61. The molecule has 2 rings (SSSR count). The van der Waals surface area contributed by atoms with Crippen LogP contribution in [0.5, 0.6) is 0 Å². The van der Waals surface area contributed by atoms with Crippen molar-refractivity contribution in [3.8, 4) is 0 Å². The van der Waals surface area contributed by atoms with E-state index < -0.39 is 23.0 Å². The van der Waals surface area contributed by atoms with Gasteiger partial charge in [-0.1, -0.05) is 0 Å². The zero-order chi connectivity index (χ0) is 13.3. The molecule has 1 heterocycles. The van der Waals surface area contributed by atoms with Crippen LogP contribution < -0.4 is 0 Å². The fourth-order valence-electron chi connectivity index (χ4n) is 1.59. The predicted octanol–water partition coefficient (Wildman–Crippen LogP) is 3.66. The molecule has 0 aliphatic carbocycles. The zero-order valence-corrected chi connectivity index (χ0v) is 11.0. The number of carbonyl (C=O) groups excluding carboxylic acids is 1. The molecule has 0 unspecified atom stereocenters. The van der Waals surface area contributed by atoms with Crippen LogP contribution >= 0.6 is 15.9 Å². The molecule has 92 valence electrons. The standard InChI is InChI=1S/C13H8BrF2NO/c1-7-8(3-2-6-17-7)13(18)11-10(15)5-4-9(14)12(11)16/h2-6H,1H3. The Hall–Kier alpha value is -1.62. The monoisotopic (exact) mass is 311 g/mol. The first-order chi connectivity index (χ1) is 8.52. The summed E-state index contributed by atoms with van der Waals surface area (Å²) in [5.41, 5.74) is 0.0511. The first-order valence-electron chi connectivity index (χ1n) is 5.12. The molecule has 0 bridgehead atoms. The number of rotatable bonds is 2. The molecule has 2 aromatic rings. The van der Waals surface area contributed by atoms with E-state index in [4.69, 9.17) is 0 Å². The Balaban J connectivity index is 2.61. The Labute approximate surface area is 111 Å². The highest BCUT2D eigenvalue weighted by atomic mass is 79.9. The second kappa shape index (κ2) is 4.94. The van der Waals surface area contributed by atoms with Gasteiger partial charge in [0.1, 0.15) is 5.82 Å². The zero-order valence-electron chi connectivity index (χ0n) is 9.38. The lowest BCUT2D eigenvalue weighted by Gasteiger charge is -2.07. The molecule has 0 saturated heterocycles. The number of hydrogen-bond donors (Lipinski definition) is 0. The van der Waals surface area contributed by atoms with Gasteiger partial charge in [0.05, 0.1) is 10.0 Å². The van der Waals surface area contributed by atoms with E-state index in [9.17, 15) is 13.6 Å². The van der Waals surface area contributed by atoms with E-state index in [-0.39, 0.29) is 10.0 Å². The van der Waals surface area contributed by atoms with Crippen molar-refractivity contribution in [3.05, 3.63) is 63.4 Å². The minimum Gasteiger partial charge on any atom is -0.288 e. The second-order valence-corrected chi connectivity index (χ2v) is 4.54. The summed E-state index contributed by atoms with van der Waals surface area (Å²) in [4.78, 5) is 16.1. The first kappa shape index (κ1) is 12.8. The molecule has 1 aromatic carbocycles. The molecule has 0 amide bonds. The average molecular weight is 312 g/mol. The summed E-state index contributed by atoms with van der Waals surface area (Å²) in [7, 11) is 0. The van der Waals surface area contributed by atoms with Gasteiger partial charge >= 0.3 is 0 Å². The van der Waals surface area contributed by atoms with E-state index >= 15 is 0 Å². The molecular formula is C13H8BrF2NO. The number of aromatic nitrogens is 1. The summed E-state index contributed by atoms with van der Waals surface area (Å²) in [5.74, 6) is -2.50. The molecule has 0 atom stereocenters.